The molecule has 1 N–H and O–H groups in total. The molecule has 0 bridgehead atoms. The van der Waals surface area contributed by atoms with E-state index in [-0.39, 0.29) is 17.9 Å². The zero-order valence-corrected chi connectivity index (χ0v) is 10.0. The molecular weight excluding hydrogens is 200 g/mol. The van der Waals surface area contributed by atoms with E-state index < -0.39 is 0 Å². The lowest BCUT2D eigenvalue weighted by atomic mass is 9.65. The van der Waals surface area contributed by atoms with Crippen molar-refractivity contribution in [1.29, 1.82) is 0 Å². The fraction of sp³-hybridized carbons (Fsp3) is 0.571. The molecule has 2 heteroatoms. The molecule has 1 saturated heterocycles. The fourth-order valence-electron chi connectivity index (χ4n) is 2.71. The van der Waals surface area contributed by atoms with Gasteiger partial charge in [0.25, 0.3) is 0 Å². The third-order valence-corrected chi connectivity index (χ3v) is 3.78. The van der Waals surface area contributed by atoms with Crippen molar-refractivity contribution in [2.75, 3.05) is 19.8 Å². The Morgan fingerprint density at radius 2 is 1.88 bits per heavy atom. The molecule has 1 unspecified atom stereocenters. The molecule has 0 aliphatic carbocycles. The predicted molar refractivity (Wildman–Crippen MR) is 64.4 cm³/mol. The third-order valence-electron chi connectivity index (χ3n) is 3.78. The molecule has 88 valence electrons. The highest BCUT2D eigenvalue weighted by Gasteiger charge is 2.47. The maximum atomic E-state index is 9.60. The van der Waals surface area contributed by atoms with Gasteiger partial charge in [-0.15, -0.1) is 0 Å². The minimum absolute atomic E-state index is 0.0319. The Bertz CT molecular complexity index is 328. The summed E-state index contributed by atoms with van der Waals surface area (Å²) >= 11 is 0. The highest BCUT2D eigenvalue weighted by atomic mass is 16.5. The first kappa shape index (κ1) is 11.6. The molecule has 1 atom stereocenters. The molecule has 0 saturated carbocycles. The van der Waals surface area contributed by atoms with Gasteiger partial charge in [0.05, 0.1) is 13.2 Å². The summed E-state index contributed by atoms with van der Waals surface area (Å²) in [5, 5.41) is 9.60. The number of hydrogen-bond donors (Lipinski definition) is 1. The van der Waals surface area contributed by atoms with E-state index in [1.165, 1.54) is 5.56 Å². The number of aliphatic hydroxyl groups excluding tert-OH is 1. The van der Waals surface area contributed by atoms with Crippen molar-refractivity contribution < 1.29 is 9.84 Å². The first-order valence-electron chi connectivity index (χ1n) is 5.95. The lowest BCUT2D eigenvalue weighted by Crippen LogP contribution is -2.55. The van der Waals surface area contributed by atoms with Crippen molar-refractivity contribution in [2.45, 2.75) is 19.3 Å². The Hall–Kier alpha value is -0.860. The number of rotatable bonds is 4. The number of hydrogen-bond acceptors (Lipinski definition) is 2. The van der Waals surface area contributed by atoms with Crippen molar-refractivity contribution in [3.63, 3.8) is 0 Å². The van der Waals surface area contributed by atoms with Crippen molar-refractivity contribution in [1.82, 2.24) is 0 Å². The molecule has 0 radical (unpaired) electrons. The van der Waals surface area contributed by atoms with Gasteiger partial charge >= 0.3 is 0 Å². The number of benzene rings is 1. The van der Waals surface area contributed by atoms with E-state index >= 15 is 0 Å². The molecule has 2 nitrogen and oxygen atoms in total. The molecule has 1 aromatic carbocycles. The molecule has 2 rings (SSSR count). The summed E-state index contributed by atoms with van der Waals surface area (Å²) in [6.45, 7) is 6.05. The highest BCUT2D eigenvalue weighted by molar-refractivity contribution is 5.29. The van der Waals surface area contributed by atoms with E-state index in [0.717, 1.165) is 13.2 Å². The van der Waals surface area contributed by atoms with Gasteiger partial charge in [-0.2, -0.15) is 0 Å². The van der Waals surface area contributed by atoms with Gasteiger partial charge in [0.1, 0.15) is 0 Å². The monoisotopic (exact) mass is 220 g/mol. The standard InChI is InChI=1S/C14H20O2/c1-11(2)13(8-15)14(9-16-10-14)12-6-4-3-5-7-12/h3-7,11,13,15H,8-10H2,1-2H3. The molecule has 0 amide bonds. The van der Waals surface area contributed by atoms with Crippen LogP contribution in [0.4, 0.5) is 0 Å². The van der Waals surface area contributed by atoms with E-state index in [1.807, 2.05) is 6.07 Å². The van der Waals surface area contributed by atoms with E-state index in [2.05, 4.69) is 38.1 Å². The lowest BCUT2D eigenvalue weighted by Gasteiger charge is -2.48. The second-order valence-corrected chi connectivity index (χ2v) is 5.05. The smallest absolute Gasteiger partial charge is 0.0589 e. The van der Waals surface area contributed by atoms with Crippen LogP contribution in [0, 0.1) is 11.8 Å². The summed E-state index contributed by atoms with van der Waals surface area (Å²) in [6, 6.07) is 10.4. The van der Waals surface area contributed by atoms with Gasteiger partial charge in [-0.05, 0) is 17.4 Å². The van der Waals surface area contributed by atoms with Crippen LogP contribution in [0.25, 0.3) is 0 Å². The second-order valence-electron chi connectivity index (χ2n) is 5.05. The van der Waals surface area contributed by atoms with Crippen LogP contribution in [-0.2, 0) is 10.2 Å². The van der Waals surface area contributed by atoms with Gasteiger partial charge in [-0.1, -0.05) is 44.2 Å². The van der Waals surface area contributed by atoms with Crippen LogP contribution in [0.5, 0.6) is 0 Å². The fourth-order valence-corrected chi connectivity index (χ4v) is 2.71. The van der Waals surface area contributed by atoms with Crippen molar-refractivity contribution >= 4 is 0 Å². The maximum absolute atomic E-state index is 9.60. The van der Waals surface area contributed by atoms with Crippen molar-refractivity contribution in [3.8, 4) is 0 Å². The van der Waals surface area contributed by atoms with E-state index in [4.69, 9.17) is 4.74 Å². The summed E-state index contributed by atoms with van der Waals surface area (Å²) < 4.78 is 5.41. The van der Waals surface area contributed by atoms with Crippen LogP contribution in [-0.4, -0.2) is 24.9 Å². The number of aliphatic hydroxyl groups is 1. The summed E-state index contributed by atoms with van der Waals surface area (Å²) in [4.78, 5) is 0. The molecule has 1 fully saturated rings. The van der Waals surface area contributed by atoms with Crippen LogP contribution < -0.4 is 0 Å². The number of ether oxygens (including phenoxy) is 1. The summed E-state index contributed by atoms with van der Waals surface area (Å²) in [5.74, 6) is 0.748. The highest BCUT2D eigenvalue weighted by Crippen LogP contribution is 2.42. The Kier molecular flexibility index (Phi) is 3.31. The van der Waals surface area contributed by atoms with Gasteiger partial charge in [0.2, 0.25) is 0 Å². The SMILES string of the molecule is CC(C)C(CO)C1(c2ccccc2)COC1. The zero-order chi connectivity index (χ0) is 11.6. The molecule has 1 aromatic rings. The summed E-state index contributed by atoms with van der Waals surface area (Å²) in [6.07, 6.45) is 0. The Morgan fingerprint density at radius 1 is 1.25 bits per heavy atom. The molecule has 0 spiro atoms. The Labute approximate surface area is 97.3 Å². The van der Waals surface area contributed by atoms with Gasteiger partial charge in [-0.3, -0.25) is 0 Å². The van der Waals surface area contributed by atoms with E-state index in [0.29, 0.717) is 5.92 Å². The van der Waals surface area contributed by atoms with Gasteiger partial charge in [-0.25, -0.2) is 0 Å². The molecular formula is C14H20O2. The molecule has 1 aliphatic heterocycles. The van der Waals surface area contributed by atoms with Crippen molar-refractivity contribution in [3.05, 3.63) is 35.9 Å². The van der Waals surface area contributed by atoms with Crippen LogP contribution in [0.2, 0.25) is 0 Å². The molecule has 1 aliphatic rings. The lowest BCUT2D eigenvalue weighted by molar-refractivity contribution is -0.111. The molecule has 1 heterocycles. The Balaban J connectivity index is 2.32. The van der Waals surface area contributed by atoms with Crippen LogP contribution >= 0.6 is 0 Å². The Morgan fingerprint density at radius 3 is 2.25 bits per heavy atom. The minimum Gasteiger partial charge on any atom is -0.396 e. The topological polar surface area (TPSA) is 29.5 Å². The normalized spacial score (nSPS) is 20.5. The van der Waals surface area contributed by atoms with Crippen molar-refractivity contribution in [2.24, 2.45) is 11.8 Å². The summed E-state index contributed by atoms with van der Waals surface area (Å²) in [7, 11) is 0. The minimum atomic E-state index is 0.0319. The first-order chi connectivity index (χ1) is 7.70. The van der Waals surface area contributed by atoms with Crippen LogP contribution in [0.3, 0.4) is 0 Å². The largest absolute Gasteiger partial charge is 0.396 e. The molecule has 16 heavy (non-hydrogen) atoms. The van der Waals surface area contributed by atoms with Gasteiger partial charge in [0.15, 0.2) is 0 Å². The van der Waals surface area contributed by atoms with E-state index in [9.17, 15) is 5.11 Å². The zero-order valence-electron chi connectivity index (χ0n) is 10.0. The predicted octanol–water partition coefficient (Wildman–Crippen LogP) is 2.22. The quantitative estimate of drug-likeness (QED) is 0.843. The maximum Gasteiger partial charge on any atom is 0.0589 e. The molecule has 0 aromatic heterocycles. The van der Waals surface area contributed by atoms with Gasteiger partial charge < -0.3 is 9.84 Å². The van der Waals surface area contributed by atoms with Crippen LogP contribution in [0.1, 0.15) is 19.4 Å². The second kappa shape index (κ2) is 4.56. The average Bonchev–Trinajstić information content (AvgIpc) is 2.23. The van der Waals surface area contributed by atoms with E-state index in [1.54, 1.807) is 0 Å². The average molecular weight is 220 g/mol. The van der Waals surface area contributed by atoms with Crippen LogP contribution in [0.15, 0.2) is 30.3 Å². The van der Waals surface area contributed by atoms with Gasteiger partial charge in [0, 0.05) is 12.0 Å². The summed E-state index contributed by atoms with van der Waals surface area (Å²) in [5.41, 5.74) is 1.33. The third kappa shape index (κ3) is 1.76. The first-order valence-corrected chi connectivity index (χ1v) is 5.95.